The van der Waals surface area contributed by atoms with Gasteiger partial charge in [-0.1, -0.05) is 23.7 Å². The number of benzene rings is 2. The third-order valence-corrected chi connectivity index (χ3v) is 6.69. The smallest absolute Gasteiger partial charge is 0.387 e. The van der Waals surface area contributed by atoms with E-state index in [4.69, 9.17) is 11.6 Å². The standard InChI is InChI=1S/C19H20ClF2N3O4S/c20-14-5-7-15(8-6-14)30(27,28)25-11-9-24(10-12-25)13-18(26)23-16-3-1-2-4-17(16)29-19(21)22/h1-8,19H,9-13H2,(H,23,26). The van der Waals surface area contributed by atoms with Crippen molar-refractivity contribution in [2.45, 2.75) is 11.5 Å². The normalized spacial score (nSPS) is 15.9. The summed E-state index contributed by atoms with van der Waals surface area (Å²) in [4.78, 5) is 14.3. The Hall–Kier alpha value is -2.27. The lowest BCUT2D eigenvalue weighted by molar-refractivity contribution is -0.117. The SMILES string of the molecule is O=C(CN1CCN(S(=O)(=O)c2ccc(Cl)cc2)CC1)Nc1ccccc1OC(F)F. The number of piperazine rings is 1. The molecule has 162 valence electrons. The van der Waals surface area contributed by atoms with Crippen LogP contribution in [-0.2, 0) is 14.8 Å². The van der Waals surface area contributed by atoms with Crippen LogP contribution in [0.5, 0.6) is 5.75 Å². The number of alkyl halides is 2. The van der Waals surface area contributed by atoms with E-state index in [-0.39, 0.29) is 36.0 Å². The lowest BCUT2D eigenvalue weighted by Gasteiger charge is -2.33. The molecule has 7 nitrogen and oxygen atoms in total. The summed E-state index contributed by atoms with van der Waals surface area (Å²) in [6.45, 7) is -1.84. The minimum absolute atomic E-state index is 0.00214. The molecule has 0 bridgehead atoms. The summed E-state index contributed by atoms with van der Waals surface area (Å²) in [6, 6.07) is 11.9. The van der Waals surface area contributed by atoms with Gasteiger partial charge in [0.1, 0.15) is 5.75 Å². The number of hydrogen-bond donors (Lipinski definition) is 1. The molecule has 1 N–H and O–H groups in total. The number of hydrogen-bond acceptors (Lipinski definition) is 5. The van der Waals surface area contributed by atoms with Crippen LogP contribution in [0.2, 0.25) is 5.02 Å². The fourth-order valence-electron chi connectivity index (χ4n) is 3.05. The maximum atomic E-state index is 12.7. The Bertz CT molecular complexity index is 982. The number of rotatable bonds is 7. The highest BCUT2D eigenvalue weighted by Gasteiger charge is 2.29. The number of ether oxygens (including phenoxy) is 1. The molecule has 0 saturated carbocycles. The Kier molecular flexibility index (Phi) is 7.24. The highest BCUT2D eigenvalue weighted by Crippen LogP contribution is 2.25. The van der Waals surface area contributed by atoms with E-state index in [2.05, 4.69) is 10.1 Å². The topological polar surface area (TPSA) is 79.0 Å². The summed E-state index contributed by atoms with van der Waals surface area (Å²) >= 11 is 5.81. The highest BCUT2D eigenvalue weighted by atomic mass is 35.5. The highest BCUT2D eigenvalue weighted by molar-refractivity contribution is 7.89. The van der Waals surface area contributed by atoms with Crippen molar-refractivity contribution < 1.29 is 26.7 Å². The molecule has 3 rings (SSSR count). The number of sulfonamides is 1. The van der Waals surface area contributed by atoms with E-state index in [0.29, 0.717) is 18.1 Å². The van der Waals surface area contributed by atoms with Gasteiger partial charge in [0.05, 0.1) is 17.1 Å². The second-order valence-electron chi connectivity index (χ2n) is 6.56. The number of halogens is 3. The number of carbonyl (C=O) groups is 1. The first kappa shape index (κ1) is 22.4. The van der Waals surface area contributed by atoms with Crippen LogP contribution in [0.15, 0.2) is 53.4 Å². The third-order valence-electron chi connectivity index (χ3n) is 4.53. The summed E-state index contributed by atoms with van der Waals surface area (Å²) in [7, 11) is -3.64. The fraction of sp³-hybridized carbons (Fsp3) is 0.316. The minimum Gasteiger partial charge on any atom is -0.433 e. The Balaban J connectivity index is 1.55. The number of nitrogens with zero attached hydrogens (tertiary/aromatic N) is 2. The number of nitrogens with one attached hydrogen (secondary N) is 1. The predicted molar refractivity (Wildman–Crippen MR) is 108 cm³/mol. The number of para-hydroxylation sites is 2. The van der Waals surface area contributed by atoms with Gasteiger partial charge in [-0.3, -0.25) is 9.69 Å². The van der Waals surface area contributed by atoms with E-state index in [9.17, 15) is 22.0 Å². The number of carbonyl (C=O) groups excluding carboxylic acids is 1. The van der Waals surface area contributed by atoms with Crippen molar-refractivity contribution in [1.82, 2.24) is 9.21 Å². The maximum absolute atomic E-state index is 12.7. The third kappa shape index (κ3) is 5.66. The van der Waals surface area contributed by atoms with Crippen LogP contribution in [0.3, 0.4) is 0 Å². The molecule has 1 heterocycles. The first-order valence-corrected chi connectivity index (χ1v) is 10.9. The molecule has 1 aliphatic heterocycles. The van der Waals surface area contributed by atoms with E-state index in [1.807, 2.05) is 0 Å². The van der Waals surface area contributed by atoms with Crippen LogP contribution in [0.25, 0.3) is 0 Å². The van der Waals surface area contributed by atoms with Gasteiger partial charge < -0.3 is 10.1 Å². The molecule has 0 aromatic heterocycles. The number of anilines is 1. The van der Waals surface area contributed by atoms with E-state index in [1.54, 1.807) is 11.0 Å². The van der Waals surface area contributed by atoms with Crippen molar-refractivity contribution in [3.05, 3.63) is 53.6 Å². The van der Waals surface area contributed by atoms with Crippen LogP contribution in [0.4, 0.5) is 14.5 Å². The monoisotopic (exact) mass is 459 g/mol. The van der Waals surface area contributed by atoms with E-state index in [0.717, 1.165) is 0 Å². The zero-order chi connectivity index (χ0) is 21.7. The first-order valence-electron chi connectivity index (χ1n) is 9.07. The summed E-state index contributed by atoms with van der Waals surface area (Å²) < 4.78 is 56.1. The molecule has 0 radical (unpaired) electrons. The van der Waals surface area contributed by atoms with Crippen molar-refractivity contribution in [3.63, 3.8) is 0 Å². The average molecular weight is 460 g/mol. The zero-order valence-electron chi connectivity index (χ0n) is 15.8. The van der Waals surface area contributed by atoms with Crippen LogP contribution < -0.4 is 10.1 Å². The Morgan fingerprint density at radius 1 is 1.07 bits per heavy atom. The van der Waals surface area contributed by atoms with Gasteiger partial charge in [0, 0.05) is 31.2 Å². The fourth-order valence-corrected chi connectivity index (χ4v) is 4.59. The van der Waals surface area contributed by atoms with Gasteiger partial charge in [-0.25, -0.2) is 8.42 Å². The predicted octanol–water partition coefficient (Wildman–Crippen LogP) is 2.89. The Morgan fingerprint density at radius 3 is 2.33 bits per heavy atom. The number of amides is 1. The summed E-state index contributed by atoms with van der Waals surface area (Å²) in [5.74, 6) is -0.533. The summed E-state index contributed by atoms with van der Waals surface area (Å²) in [5, 5.41) is 3.00. The first-order chi connectivity index (χ1) is 14.3. The molecule has 1 aliphatic rings. The molecular weight excluding hydrogens is 440 g/mol. The molecule has 11 heteroatoms. The van der Waals surface area contributed by atoms with Gasteiger partial charge >= 0.3 is 6.61 Å². The molecule has 0 unspecified atom stereocenters. The second kappa shape index (κ2) is 9.69. The van der Waals surface area contributed by atoms with E-state index in [1.165, 1.54) is 46.8 Å². The van der Waals surface area contributed by atoms with Gasteiger partial charge in [0.25, 0.3) is 0 Å². The Morgan fingerprint density at radius 2 is 1.70 bits per heavy atom. The van der Waals surface area contributed by atoms with Crippen molar-refractivity contribution in [2.75, 3.05) is 38.0 Å². The van der Waals surface area contributed by atoms with Crippen molar-refractivity contribution in [2.24, 2.45) is 0 Å². The van der Waals surface area contributed by atoms with Crippen molar-refractivity contribution >= 4 is 33.2 Å². The summed E-state index contributed by atoms with van der Waals surface area (Å²) in [6.07, 6.45) is 0. The largest absolute Gasteiger partial charge is 0.433 e. The molecule has 1 saturated heterocycles. The van der Waals surface area contributed by atoms with Crippen LogP contribution >= 0.6 is 11.6 Å². The second-order valence-corrected chi connectivity index (χ2v) is 8.93. The lowest BCUT2D eigenvalue weighted by Crippen LogP contribution is -2.50. The molecule has 0 spiro atoms. The van der Waals surface area contributed by atoms with Gasteiger partial charge in [-0.05, 0) is 36.4 Å². The van der Waals surface area contributed by atoms with Gasteiger partial charge in [-0.2, -0.15) is 13.1 Å². The zero-order valence-corrected chi connectivity index (χ0v) is 17.4. The molecule has 30 heavy (non-hydrogen) atoms. The maximum Gasteiger partial charge on any atom is 0.387 e. The summed E-state index contributed by atoms with van der Waals surface area (Å²) in [5.41, 5.74) is 0.145. The molecule has 2 aromatic carbocycles. The molecule has 1 fully saturated rings. The van der Waals surface area contributed by atoms with Gasteiger partial charge in [0.15, 0.2) is 0 Å². The van der Waals surface area contributed by atoms with Gasteiger partial charge in [0.2, 0.25) is 15.9 Å². The quantitative estimate of drug-likeness (QED) is 0.688. The molecule has 2 aromatic rings. The molecule has 1 amide bonds. The van der Waals surface area contributed by atoms with E-state index >= 15 is 0 Å². The Labute approximate surface area is 178 Å². The molecule has 0 atom stereocenters. The van der Waals surface area contributed by atoms with Crippen LogP contribution in [0, 0.1) is 0 Å². The van der Waals surface area contributed by atoms with Gasteiger partial charge in [-0.15, -0.1) is 0 Å². The minimum atomic E-state index is -3.64. The average Bonchev–Trinajstić information content (AvgIpc) is 2.70. The van der Waals surface area contributed by atoms with E-state index < -0.39 is 22.5 Å². The molecule has 0 aliphatic carbocycles. The van der Waals surface area contributed by atoms with Crippen LogP contribution in [0.1, 0.15) is 0 Å². The van der Waals surface area contributed by atoms with Crippen LogP contribution in [-0.4, -0.2) is 62.9 Å². The molecular formula is C19H20ClF2N3O4S. The van der Waals surface area contributed by atoms with Crippen molar-refractivity contribution in [3.8, 4) is 5.75 Å². The lowest BCUT2D eigenvalue weighted by atomic mass is 10.3. The van der Waals surface area contributed by atoms with Crippen molar-refractivity contribution in [1.29, 1.82) is 0 Å².